The lowest BCUT2D eigenvalue weighted by Crippen LogP contribution is -2.32. The van der Waals surface area contributed by atoms with Crippen molar-refractivity contribution in [2.75, 3.05) is 6.54 Å². The van der Waals surface area contributed by atoms with Crippen LogP contribution in [0.2, 0.25) is 0 Å². The van der Waals surface area contributed by atoms with E-state index in [1.54, 1.807) is 18.5 Å². The standard InChI is InChI=1S/C16H18BrN3O/c17-12-4-1-3-11(9-12)10-20-16(21)13-5-2-6-14-15(13)19-8-7-18-14/h2,5-8,11-12H,1,3-4,9-10H2,(H,20,21). The Bertz CT molecular complexity index is 641. The van der Waals surface area contributed by atoms with Crippen molar-refractivity contribution in [3.05, 3.63) is 36.2 Å². The Kier molecular flexibility index (Phi) is 4.48. The minimum absolute atomic E-state index is 0.0576. The highest BCUT2D eigenvalue weighted by atomic mass is 79.9. The van der Waals surface area contributed by atoms with Gasteiger partial charge in [0.25, 0.3) is 5.91 Å². The van der Waals surface area contributed by atoms with E-state index in [-0.39, 0.29) is 5.91 Å². The zero-order valence-electron chi connectivity index (χ0n) is 11.8. The molecule has 1 aliphatic rings. The third kappa shape index (κ3) is 3.40. The van der Waals surface area contributed by atoms with Crippen LogP contribution in [0.25, 0.3) is 11.0 Å². The van der Waals surface area contributed by atoms with Gasteiger partial charge in [-0.25, -0.2) is 0 Å². The van der Waals surface area contributed by atoms with Gasteiger partial charge in [-0.1, -0.05) is 28.4 Å². The predicted octanol–water partition coefficient (Wildman–Crippen LogP) is 3.31. The van der Waals surface area contributed by atoms with Crippen molar-refractivity contribution < 1.29 is 4.79 Å². The molecule has 1 saturated carbocycles. The van der Waals surface area contributed by atoms with Gasteiger partial charge in [-0.05, 0) is 37.3 Å². The van der Waals surface area contributed by atoms with Crippen LogP contribution < -0.4 is 5.32 Å². The molecular formula is C16H18BrN3O. The predicted molar refractivity (Wildman–Crippen MR) is 86.5 cm³/mol. The van der Waals surface area contributed by atoms with Crippen LogP contribution in [0.4, 0.5) is 0 Å². The van der Waals surface area contributed by atoms with Crippen LogP contribution in [0.3, 0.4) is 0 Å². The summed E-state index contributed by atoms with van der Waals surface area (Å²) >= 11 is 3.68. The number of rotatable bonds is 3. The summed E-state index contributed by atoms with van der Waals surface area (Å²) < 4.78 is 0. The second kappa shape index (κ2) is 6.52. The number of benzene rings is 1. The average Bonchev–Trinajstić information content (AvgIpc) is 2.52. The summed E-state index contributed by atoms with van der Waals surface area (Å²) in [6, 6.07) is 5.53. The number of nitrogens with one attached hydrogen (secondary N) is 1. The first-order chi connectivity index (χ1) is 10.2. The highest BCUT2D eigenvalue weighted by molar-refractivity contribution is 9.09. The first-order valence-corrected chi connectivity index (χ1v) is 8.27. The minimum atomic E-state index is -0.0576. The summed E-state index contributed by atoms with van der Waals surface area (Å²) in [5.41, 5.74) is 2.02. The second-order valence-corrected chi connectivity index (χ2v) is 6.86. The van der Waals surface area contributed by atoms with Crippen molar-refractivity contribution in [2.24, 2.45) is 5.92 Å². The first kappa shape index (κ1) is 14.4. The van der Waals surface area contributed by atoms with E-state index in [9.17, 15) is 4.79 Å². The van der Waals surface area contributed by atoms with Gasteiger partial charge in [-0.2, -0.15) is 0 Å². The molecule has 2 unspecified atom stereocenters. The van der Waals surface area contributed by atoms with Gasteiger partial charge >= 0.3 is 0 Å². The van der Waals surface area contributed by atoms with E-state index < -0.39 is 0 Å². The van der Waals surface area contributed by atoms with E-state index in [1.165, 1.54) is 19.3 Å². The highest BCUT2D eigenvalue weighted by Crippen LogP contribution is 2.28. The maximum atomic E-state index is 12.4. The molecule has 110 valence electrons. The Balaban J connectivity index is 1.69. The Morgan fingerprint density at radius 3 is 3.00 bits per heavy atom. The van der Waals surface area contributed by atoms with Gasteiger partial charge in [-0.15, -0.1) is 0 Å². The smallest absolute Gasteiger partial charge is 0.253 e. The second-order valence-electron chi connectivity index (χ2n) is 5.57. The summed E-state index contributed by atoms with van der Waals surface area (Å²) in [5, 5.41) is 3.05. The van der Waals surface area contributed by atoms with E-state index in [0.29, 0.717) is 21.8 Å². The quantitative estimate of drug-likeness (QED) is 0.866. The fourth-order valence-corrected chi connectivity index (χ4v) is 3.77. The number of carbonyl (C=O) groups is 1. The molecule has 21 heavy (non-hydrogen) atoms. The maximum Gasteiger partial charge on any atom is 0.253 e. The van der Waals surface area contributed by atoms with Crippen LogP contribution >= 0.6 is 15.9 Å². The molecule has 1 fully saturated rings. The molecule has 0 spiro atoms. The Morgan fingerprint density at radius 1 is 1.29 bits per heavy atom. The number of carbonyl (C=O) groups excluding carboxylic acids is 1. The van der Waals surface area contributed by atoms with E-state index >= 15 is 0 Å². The molecule has 1 amide bonds. The molecule has 1 aromatic carbocycles. The molecule has 1 N–H and O–H groups in total. The fraction of sp³-hybridized carbons (Fsp3) is 0.438. The van der Waals surface area contributed by atoms with E-state index in [1.807, 2.05) is 12.1 Å². The maximum absolute atomic E-state index is 12.4. The molecule has 5 heteroatoms. The number of halogens is 1. The van der Waals surface area contributed by atoms with Crippen molar-refractivity contribution in [3.8, 4) is 0 Å². The molecular weight excluding hydrogens is 330 g/mol. The van der Waals surface area contributed by atoms with Crippen molar-refractivity contribution >= 4 is 32.9 Å². The molecule has 2 aromatic rings. The van der Waals surface area contributed by atoms with E-state index in [0.717, 1.165) is 18.5 Å². The van der Waals surface area contributed by atoms with Gasteiger partial charge in [0.05, 0.1) is 11.1 Å². The van der Waals surface area contributed by atoms with Crippen molar-refractivity contribution in [1.29, 1.82) is 0 Å². The Morgan fingerprint density at radius 2 is 2.14 bits per heavy atom. The molecule has 4 nitrogen and oxygen atoms in total. The third-order valence-electron chi connectivity index (χ3n) is 4.01. The normalized spacial score (nSPS) is 22.1. The molecule has 2 atom stereocenters. The summed E-state index contributed by atoms with van der Waals surface area (Å²) in [5.74, 6) is 0.505. The van der Waals surface area contributed by atoms with Gasteiger partial charge in [0.15, 0.2) is 0 Å². The van der Waals surface area contributed by atoms with Crippen LogP contribution in [-0.2, 0) is 0 Å². The van der Waals surface area contributed by atoms with Crippen LogP contribution in [-0.4, -0.2) is 27.2 Å². The lowest BCUT2D eigenvalue weighted by atomic mass is 9.89. The number of aromatic nitrogens is 2. The molecule has 3 rings (SSSR count). The first-order valence-electron chi connectivity index (χ1n) is 7.36. The van der Waals surface area contributed by atoms with E-state index in [4.69, 9.17) is 0 Å². The third-order valence-corrected chi connectivity index (χ3v) is 4.85. The molecule has 1 heterocycles. The number of alkyl halides is 1. The van der Waals surface area contributed by atoms with Crippen LogP contribution in [0.1, 0.15) is 36.0 Å². The average molecular weight is 348 g/mol. The van der Waals surface area contributed by atoms with Gasteiger partial charge in [0.2, 0.25) is 0 Å². The van der Waals surface area contributed by atoms with Crippen LogP contribution in [0, 0.1) is 5.92 Å². The van der Waals surface area contributed by atoms with Crippen molar-refractivity contribution in [1.82, 2.24) is 15.3 Å². The number of hydrogen-bond donors (Lipinski definition) is 1. The lowest BCUT2D eigenvalue weighted by Gasteiger charge is -2.25. The zero-order valence-corrected chi connectivity index (χ0v) is 13.3. The molecule has 1 aromatic heterocycles. The largest absolute Gasteiger partial charge is 0.352 e. The van der Waals surface area contributed by atoms with Gasteiger partial charge in [0, 0.05) is 23.8 Å². The van der Waals surface area contributed by atoms with Crippen LogP contribution in [0.5, 0.6) is 0 Å². The minimum Gasteiger partial charge on any atom is -0.352 e. The van der Waals surface area contributed by atoms with Crippen molar-refractivity contribution in [2.45, 2.75) is 30.5 Å². The van der Waals surface area contributed by atoms with Crippen LogP contribution in [0.15, 0.2) is 30.6 Å². The topological polar surface area (TPSA) is 54.9 Å². The number of hydrogen-bond acceptors (Lipinski definition) is 3. The van der Waals surface area contributed by atoms with Gasteiger partial charge in [-0.3, -0.25) is 14.8 Å². The summed E-state index contributed by atoms with van der Waals surface area (Å²) in [6.07, 6.45) is 8.06. The number of fused-ring (bicyclic) bond motifs is 1. The molecule has 0 aliphatic heterocycles. The fourth-order valence-electron chi connectivity index (χ4n) is 2.92. The summed E-state index contributed by atoms with van der Waals surface area (Å²) in [4.78, 5) is 21.5. The number of para-hydroxylation sites is 1. The van der Waals surface area contributed by atoms with Gasteiger partial charge in [0.1, 0.15) is 5.52 Å². The lowest BCUT2D eigenvalue weighted by molar-refractivity contribution is 0.0945. The summed E-state index contributed by atoms with van der Waals surface area (Å²) in [6.45, 7) is 0.734. The van der Waals surface area contributed by atoms with E-state index in [2.05, 4.69) is 31.2 Å². The molecule has 0 radical (unpaired) electrons. The van der Waals surface area contributed by atoms with Crippen molar-refractivity contribution in [3.63, 3.8) is 0 Å². The Labute approximate surface area is 132 Å². The highest BCUT2D eigenvalue weighted by Gasteiger charge is 2.21. The zero-order chi connectivity index (χ0) is 14.7. The summed E-state index contributed by atoms with van der Waals surface area (Å²) in [7, 11) is 0. The monoisotopic (exact) mass is 347 g/mol. The SMILES string of the molecule is O=C(NCC1CCCC(Br)C1)c1cccc2nccnc12. The molecule has 0 saturated heterocycles. The molecule has 0 bridgehead atoms. The number of nitrogens with zero attached hydrogens (tertiary/aromatic N) is 2. The Hall–Kier alpha value is -1.49. The molecule has 1 aliphatic carbocycles. The number of amides is 1. The van der Waals surface area contributed by atoms with Gasteiger partial charge < -0.3 is 5.32 Å².